The SMILES string of the molecule is CC(C)C(NC(=O)CN)C(=O)NC(CC(N)=O)C(=O)NC(CS)C(=O)O. The highest BCUT2D eigenvalue weighted by atomic mass is 32.1. The number of thiol groups is 1. The number of nitrogens with one attached hydrogen (secondary N) is 3. The van der Waals surface area contributed by atoms with Crippen molar-refractivity contribution in [2.45, 2.75) is 38.4 Å². The highest BCUT2D eigenvalue weighted by molar-refractivity contribution is 7.80. The maximum atomic E-state index is 12.4. The summed E-state index contributed by atoms with van der Waals surface area (Å²) in [5.41, 5.74) is 10.3. The van der Waals surface area contributed by atoms with Crippen molar-refractivity contribution in [3.63, 3.8) is 0 Å². The molecule has 0 radical (unpaired) electrons. The number of carboxylic acids is 1. The van der Waals surface area contributed by atoms with Crippen LogP contribution in [0.1, 0.15) is 20.3 Å². The third-order valence-electron chi connectivity index (χ3n) is 3.29. The van der Waals surface area contributed by atoms with Crippen LogP contribution in [-0.2, 0) is 24.0 Å². The Balaban J connectivity index is 5.25. The van der Waals surface area contributed by atoms with Gasteiger partial charge in [0.2, 0.25) is 23.6 Å². The van der Waals surface area contributed by atoms with Crippen LogP contribution in [0.25, 0.3) is 0 Å². The molecule has 4 amide bonds. The van der Waals surface area contributed by atoms with E-state index in [9.17, 15) is 24.0 Å². The van der Waals surface area contributed by atoms with Crippen molar-refractivity contribution >= 4 is 42.2 Å². The summed E-state index contributed by atoms with van der Waals surface area (Å²) in [4.78, 5) is 58.2. The molecule has 26 heavy (non-hydrogen) atoms. The first-order valence-electron chi connectivity index (χ1n) is 7.75. The largest absolute Gasteiger partial charge is 0.480 e. The molecule has 0 heterocycles. The van der Waals surface area contributed by atoms with Gasteiger partial charge in [-0.2, -0.15) is 12.6 Å². The summed E-state index contributed by atoms with van der Waals surface area (Å²) < 4.78 is 0. The quantitative estimate of drug-likeness (QED) is 0.182. The Morgan fingerprint density at radius 1 is 1.00 bits per heavy atom. The molecule has 8 N–H and O–H groups in total. The molecule has 3 atom stereocenters. The molecule has 0 aliphatic heterocycles. The Kier molecular flexibility index (Phi) is 10.3. The van der Waals surface area contributed by atoms with Crippen LogP contribution in [0.3, 0.4) is 0 Å². The number of nitrogens with two attached hydrogens (primary N) is 2. The number of primary amides is 1. The summed E-state index contributed by atoms with van der Waals surface area (Å²) in [6, 6.07) is -3.72. The number of carbonyl (C=O) groups excluding carboxylic acids is 4. The highest BCUT2D eigenvalue weighted by Crippen LogP contribution is 2.04. The molecule has 3 unspecified atom stereocenters. The molecule has 12 heteroatoms. The molecule has 0 fully saturated rings. The summed E-state index contributed by atoms with van der Waals surface area (Å²) in [7, 11) is 0. The van der Waals surface area contributed by atoms with Crippen LogP contribution in [0, 0.1) is 5.92 Å². The number of carboxylic acid groups (broad SMARTS) is 1. The van der Waals surface area contributed by atoms with E-state index >= 15 is 0 Å². The Bertz CT molecular complexity index is 556. The van der Waals surface area contributed by atoms with E-state index in [4.69, 9.17) is 16.6 Å². The lowest BCUT2D eigenvalue weighted by Gasteiger charge is -2.25. The van der Waals surface area contributed by atoms with Crippen molar-refractivity contribution in [3.8, 4) is 0 Å². The van der Waals surface area contributed by atoms with Crippen LogP contribution in [0.15, 0.2) is 0 Å². The van der Waals surface area contributed by atoms with E-state index in [0.29, 0.717) is 0 Å². The fourth-order valence-corrected chi connectivity index (χ4v) is 2.14. The van der Waals surface area contributed by atoms with Crippen LogP contribution in [0.5, 0.6) is 0 Å². The number of aliphatic carboxylic acids is 1. The van der Waals surface area contributed by atoms with Crippen molar-refractivity contribution < 1.29 is 29.1 Å². The zero-order chi connectivity index (χ0) is 20.4. The molecule has 0 aliphatic carbocycles. The van der Waals surface area contributed by atoms with Gasteiger partial charge in [-0.3, -0.25) is 19.2 Å². The summed E-state index contributed by atoms with van der Waals surface area (Å²) in [5, 5.41) is 15.8. The van der Waals surface area contributed by atoms with Crippen molar-refractivity contribution in [2.75, 3.05) is 12.3 Å². The lowest BCUT2D eigenvalue weighted by Crippen LogP contribution is -2.58. The van der Waals surface area contributed by atoms with Crippen LogP contribution < -0.4 is 27.4 Å². The molecule has 0 spiro atoms. The molecular weight excluding hydrogens is 366 g/mol. The van der Waals surface area contributed by atoms with E-state index in [1.807, 2.05) is 0 Å². The average Bonchev–Trinajstić information content (AvgIpc) is 2.54. The molecule has 0 bridgehead atoms. The molecule has 0 aromatic carbocycles. The standard InChI is InChI=1S/C14H25N5O6S/c1-6(2)11(19-10(21)4-15)13(23)17-7(3-9(16)20)12(22)18-8(5-26)14(24)25/h6-8,11,26H,3-5,15H2,1-2H3,(H2,16,20)(H,17,23)(H,18,22)(H,19,21)(H,24,25). The molecule has 0 saturated carbocycles. The van der Waals surface area contributed by atoms with Gasteiger partial charge in [0.15, 0.2) is 0 Å². The predicted octanol–water partition coefficient (Wildman–Crippen LogP) is -3.05. The van der Waals surface area contributed by atoms with E-state index in [-0.39, 0.29) is 18.2 Å². The number of amides is 4. The monoisotopic (exact) mass is 391 g/mol. The maximum Gasteiger partial charge on any atom is 0.327 e. The Morgan fingerprint density at radius 2 is 1.54 bits per heavy atom. The zero-order valence-electron chi connectivity index (χ0n) is 14.5. The van der Waals surface area contributed by atoms with Crippen LogP contribution in [-0.4, -0.2) is 65.1 Å². The first-order valence-corrected chi connectivity index (χ1v) is 8.38. The van der Waals surface area contributed by atoms with E-state index in [0.717, 1.165) is 0 Å². The van der Waals surface area contributed by atoms with Gasteiger partial charge < -0.3 is 32.5 Å². The topological polar surface area (TPSA) is 194 Å². The van der Waals surface area contributed by atoms with Crippen LogP contribution in [0.2, 0.25) is 0 Å². The van der Waals surface area contributed by atoms with Gasteiger partial charge >= 0.3 is 5.97 Å². The molecule has 11 nitrogen and oxygen atoms in total. The van der Waals surface area contributed by atoms with Gasteiger partial charge in [-0.15, -0.1) is 0 Å². The van der Waals surface area contributed by atoms with Crippen molar-refractivity contribution in [2.24, 2.45) is 17.4 Å². The third kappa shape index (κ3) is 8.16. The van der Waals surface area contributed by atoms with Gasteiger partial charge in [0.05, 0.1) is 13.0 Å². The maximum absolute atomic E-state index is 12.4. The van der Waals surface area contributed by atoms with Gasteiger partial charge in [0.1, 0.15) is 18.1 Å². The van der Waals surface area contributed by atoms with Gasteiger partial charge in [-0.05, 0) is 5.92 Å². The van der Waals surface area contributed by atoms with E-state index in [1.54, 1.807) is 13.8 Å². The lowest BCUT2D eigenvalue weighted by molar-refractivity contribution is -0.141. The molecule has 0 aliphatic rings. The number of carbonyl (C=O) groups is 5. The van der Waals surface area contributed by atoms with Gasteiger partial charge in [-0.25, -0.2) is 4.79 Å². The summed E-state index contributed by atoms with van der Waals surface area (Å²) in [6.07, 6.45) is -0.549. The summed E-state index contributed by atoms with van der Waals surface area (Å²) in [5.74, 6) is -4.96. The Labute approximate surface area is 156 Å². The first kappa shape index (κ1) is 23.7. The molecule has 0 rings (SSSR count). The highest BCUT2D eigenvalue weighted by Gasteiger charge is 2.31. The second kappa shape index (κ2) is 11.3. The predicted molar refractivity (Wildman–Crippen MR) is 95.0 cm³/mol. The number of rotatable bonds is 11. The minimum Gasteiger partial charge on any atom is -0.480 e. The molecule has 148 valence electrons. The summed E-state index contributed by atoms with van der Waals surface area (Å²) in [6.45, 7) is 2.99. The summed E-state index contributed by atoms with van der Waals surface area (Å²) >= 11 is 3.81. The fourth-order valence-electron chi connectivity index (χ4n) is 1.90. The van der Waals surface area contributed by atoms with Crippen molar-refractivity contribution in [1.29, 1.82) is 0 Å². The lowest BCUT2D eigenvalue weighted by atomic mass is 10.0. The van der Waals surface area contributed by atoms with Crippen LogP contribution >= 0.6 is 12.6 Å². The van der Waals surface area contributed by atoms with Crippen molar-refractivity contribution in [3.05, 3.63) is 0 Å². The third-order valence-corrected chi connectivity index (χ3v) is 3.65. The minimum atomic E-state index is -1.40. The van der Waals surface area contributed by atoms with E-state index in [1.165, 1.54) is 0 Å². The molecular formula is C14H25N5O6S. The Hall–Kier alpha value is -2.34. The second-order valence-corrected chi connectivity index (χ2v) is 6.17. The normalized spacial score (nSPS) is 14.0. The van der Waals surface area contributed by atoms with Crippen LogP contribution in [0.4, 0.5) is 0 Å². The smallest absolute Gasteiger partial charge is 0.327 e. The first-order chi connectivity index (χ1) is 12.0. The number of hydrogen-bond acceptors (Lipinski definition) is 7. The Morgan fingerprint density at radius 3 is 1.92 bits per heavy atom. The second-order valence-electron chi connectivity index (χ2n) is 5.81. The number of hydrogen-bond donors (Lipinski definition) is 7. The fraction of sp³-hybridized carbons (Fsp3) is 0.643. The minimum absolute atomic E-state index is 0.195. The molecule has 0 aromatic heterocycles. The molecule has 0 aromatic rings. The zero-order valence-corrected chi connectivity index (χ0v) is 15.4. The van der Waals surface area contributed by atoms with Gasteiger partial charge in [0, 0.05) is 5.75 Å². The van der Waals surface area contributed by atoms with E-state index < -0.39 is 54.1 Å². The molecule has 0 saturated heterocycles. The van der Waals surface area contributed by atoms with Crippen molar-refractivity contribution in [1.82, 2.24) is 16.0 Å². The van der Waals surface area contributed by atoms with E-state index in [2.05, 4.69) is 28.6 Å². The van der Waals surface area contributed by atoms with Gasteiger partial charge in [-0.1, -0.05) is 13.8 Å². The van der Waals surface area contributed by atoms with Gasteiger partial charge in [0.25, 0.3) is 0 Å². The average molecular weight is 391 g/mol.